The molecule has 1 unspecified atom stereocenters. The summed E-state index contributed by atoms with van der Waals surface area (Å²) in [5, 5.41) is 7.86. The van der Waals surface area contributed by atoms with Crippen LogP contribution in [0.3, 0.4) is 0 Å². The molecular formula is C24H29FN4O3. The first-order valence-corrected chi connectivity index (χ1v) is 10.7. The molecule has 2 aromatic carbocycles. The van der Waals surface area contributed by atoms with Crippen LogP contribution in [0.15, 0.2) is 48.5 Å². The van der Waals surface area contributed by atoms with Gasteiger partial charge in [0.1, 0.15) is 5.82 Å². The number of carbonyl (C=O) groups excluding carboxylic acids is 3. The summed E-state index contributed by atoms with van der Waals surface area (Å²) >= 11 is 0. The van der Waals surface area contributed by atoms with Crippen molar-refractivity contribution in [1.82, 2.24) is 20.9 Å². The minimum Gasteiger partial charge on any atom is -0.354 e. The zero-order valence-electron chi connectivity index (χ0n) is 18.4. The standard InChI is InChI=1S/C24H29FN4O3/c1-16(2)27-24(32)28-22(30)15-29-14-19-6-4-3-5-18(19)13-21(29)23(31)26-12-11-17-7-9-20(25)10-8-17/h3-10,16,21H,11-15H2,1-2H3,(H,26,31)(H2,27,28,30,32). The van der Waals surface area contributed by atoms with Crippen LogP contribution in [0.5, 0.6) is 0 Å². The van der Waals surface area contributed by atoms with E-state index in [0.717, 1.165) is 16.7 Å². The van der Waals surface area contributed by atoms with Gasteiger partial charge < -0.3 is 10.6 Å². The van der Waals surface area contributed by atoms with Crippen LogP contribution >= 0.6 is 0 Å². The Balaban J connectivity index is 1.63. The molecule has 1 heterocycles. The highest BCUT2D eigenvalue weighted by molar-refractivity contribution is 5.95. The van der Waals surface area contributed by atoms with Crippen LogP contribution in [-0.2, 0) is 29.0 Å². The molecule has 1 aliphatic rings. The molecule has 0 radical (unpaired) electrons. The number of nitrogens with zero attached hydrogens (tertiary/aromatic N) is 1. The summed E-state index contributed by atoms with van der Waals surface area (Å²) in [6.07, 6.45) is 1.05. The molecule has 8 heteroatoms. The molecule has 2 aromatic rings. The summed E-state index contributed by atoms with van der Waals surface area (Å²) in [5.41, 5.74) is 3.05. The van der Waals surface area contributed by atoms with Crippen molar-refractivity contribution in [3.63, 3.8) is 0 Å². The number of carbonyl (C=O) groups is 3. The second-order valence-corrected chi connectivity index (χ2v) is 8.24. The molecule has 1 atom stereocenters. The van der Waals surface area contributed by atoms with Gasteiger partial charge in [0.05, 0.1) is 12.6 Å². The van der Waals surface area contributed by atoms with E-state index >= 15 is 0 Å². The van der Waals surface area contributed by atoms with Crippen LogP contribution in [0.2, 0.25) is 0 Å². The fourth-order valence-corrected chi connectivity index (χ4v) is 3.75. The number of benzene rings is 2. The summed E-state index contributed by atoms with van der Waals surface area (Å²) in [6.45, 7) is 4.37. The Kier molecular flexibility index (Phi) is 7.94. The number of fused-ring (bicyclic) bond motifs is 1. The van der Waals surface area contributed by atoms with Gasteiger partial charge in [0, 0.05) is 19.1 Å². The van der Waals surface area contributed by atoms with Crippen LogP contribution < -0.4 is 16.0 Å². The predicted octanol–water partition coefficient (Wildman–Crippen LogP) is 2.15. The molecule has 0 bridgehead atoms. The van der Waals surface area contributed by atoms with E-state index < -0.39 is 18.0 Å². The second-order valence-electron chi connectivity index (χ2n) is 8.24. The van der Waals surface area contributed by atoms with E-state index in [2.05, 4.69) is 16.0 Å². The van der Waals surface area contributed by atoms with Crippen molar-refractivity contribution in [3.05, 3.63) is 71.0 Å². The third-order valence-electron chi connectivity index (χ3n) is 5.29. The zero-order chi connectivity index (χ0) is 23.1. The maximum Gasteiger partial charge on any atom is 0.321 e. The molecule has 3 rings (SSSR count). The van der Waals surface area contributed by atoms with E-state index in [1.54, 1.807) is 30.9 Å². The van der Waals surface area contributed by atoms with Gasteiger partial charge in [0.25, 0.3) is 0 Å². The SMILES string of the molecule is CC(C)NC(=O)NC(=O)CN1Cc2ccccc2CC1C(=O)NCCc1ccc(F)cc1. The molecule has 170 valence electrons. The van der Waals surface area contributed by atoms with Crippen LogP contribution in [0.25, 0.3) is 0 Å². The Bertz CT molecular complexity index is 962. The summed E-state index contributed by atoms with van der Waals surface area (Å²) in [5.74, 6) is -0.942. The molecule has 0 aliphatic carbocycles. The number of urea groups is 1. The zero-order valence-corrected chi connectivity index (χ0v) is 18.4. The van der Waals surface area contributed by atoms with Gasteiger partial charge in [0.2, 0.25) is 11.8 Å². The molecule has 4 amide bonds. The Morgan fingerprint density at radius 2 is 1.75 bits per heavy atom. The first-order chi connectivity index (χ1) is 15.3. The van der Waals surface area contributed by atoms with E-state index in [4.69, 9.17) is 0 Å². The Hall–Kier alpha value is -3.26. The average Bonchev–Trinajstić information content (AvgIpc) is 2.73. The van der Waals surface area contributed by atoms with Crippen LogP contribution in [0, 0.1) is 5.82 Å². The number of halogens is 1. The molecule has 0 aromatic heterocycles. The third-order valence-corrected chi connectivity index (χ3v) is 5.29. The largest absolute Gasteiger partial charge is 0.354 e. The summed E-state index contributed by atoms with van der Waals surface area (Å²) in [7, 11) is 0. The van der Waals surface area contributed by atoms with Crippen LogP contribution in [0.1, 0.15) is 30.5 Å². The Morgan fingerprint density at radius 1 is 1.06 bits per heavy atom. The second kappa shape index (κ2) is 10.9. The number of nitrogens with one attached hydrogen (secondary N) is 3. The van der Waals surface area contributed by atoms with E-state index in [-0.39, 0.29) is 24.3 Å². The van der Waals surface area contributed by atoms with Crippen molar-refractivity contribution in [2.75, 3.05) is 13.1 Å². The minimum absolute atomic E-state index is 0.0735. The van der Waals surface area contributed by atoms with Crippen molar-refractivity contribution in [2.45, 2.75) is 45.3 Å². The van der Waals surface area contributed by atoms with Crippen LogP contribution in [-0.4, -0.2) is 47.9 Å². The Morgan fingerprint density at radius 3 is 2.44 bits per heavy atom. The molecule has 0 fully saturated rings. The van der Waals surface area contributed by atoms with Crippen molar-refractivity contribution < 1.29 is 18.8 Å². The highest BCUT2D eigenvalue weighted by Gasteiger charge is 2.32. The molecule has 32 heavy (non-hydrogen) atoms. The fourth-order valence-electron chi connectivity index (χ4n) is 3.75. The highest BCUT2D eigenvalue weighted by atomic mass is 19.1. The van der Waals surface area contributed by atoms with Gasteiger partial charge in [-0.3, -0.25) is 19.8 Å². The fraction of sp³-hybridized carbons (Fsp3) is 0.375. The van der Waals surface area contributed by atoms with Crippen LogP contribution in [0.4, 0.5) is 9.18 Å². The lowest BCUT2D eigenvalue weighted by molar-refractivity contribution is -0.129. The molecule has 7 nitrogen and oxygen atoms in total. The van der Waals surface area contributed by atoms with Crippen molar-refractivity contribution in [2.24, 2.45) is 0 Å². The number of hydrogen-bond acceptors (Lipinski definition) is 4. The van der Waals surface area contributed by atoms with Gasteiger partial charge in [-0.25, -0.2) is 9.18 Å². The third kappa shape index (κ3) is 6.62. The number of imide groups is 1. The summed E-state index contributed by atoms with van der Waals surface area (Å²) in [4.78, 5) is 39.1. The van der Waals surface area contributed by atoms with Gasteiger partial charge in [0.15, 0.2) is 0 Å². The van der Waals surface area contributed by atoms with Gasteiger partial charge >= 0.3 is 6.03 Å². The summed E-state index contributed by atoms with van der Waals surface area (Å²) in [6, 6.07) is 12.8. The molecule has 1 aliphatic heterocycles. The smallest absolute Gasteiger partial charge is 0.321 e. The maximum atomic E-state index is 13.1. The van der Waals surface area contributed by atoms with E-state index in [1.807, 2.05) is 24.3 Å². The lowest BCUT2D eigenvalue weighted by Crippen LogP contribution is -2.54. The van der Waals surface area contributed by atoms with Crippen molar-refractivity contribution in [1.29, 1.82) is 0 Å². The minimum atomic E-state index is -0.553. The molecule has 3 N–H and O–H groups in total. The normalized spacial score (nSPS) is 15.7. The topological polar surface area (TPSA) is 90.5 Å². The quantitative estimate of drug-likeness (QED) is 0.615. The van der Waals surface area contributed by atoms with E-state index in [0.29, 0.717) is 25.9 Å². The predicted molar refractivity (Wildman–Crippen MR) is 119 cm³/mol. The number of hydrogen-bond donors (Lipinski definition) is 3. The van der Waals surface area contributed by atoms with Gasteiger partial charge in [-0.2, -0.15) is 0 Å². The first-order valence-electron chi connectivity index (χ1n) is 10.7. The average molecular weight is 441 g/mol. The molecule has 0 spiro atoms. The summed E-state index contributed by atoms with van der Waals surface area (Å²) < 4.78 is 13.1. The van der Waals surface area contributed by atoms with Gasteiger partial charge in [-0.05, 0) is 55.5 Å². The monoisotopic (exact) mass is 440 g/mol. The molecule has 0 saturated heterocycles. The van der Waals surface area contributed by atoms with Crippen molar-refractivity contribution in [3.8, 4) is 0 Å². The number of amides is 4. The molecule has 0 saturated carbocycles. The first kappa shape index (κ1) is 23.4. The van der Waals surface area contributed by atoms with Gasteiger partial charge in [-0.15, -0.1) is 0 Å². The van der Waals surface area contributed by atoms with E-state index in [1.165, 1.54) is 12.1 Å². The highest BCUT2D eigenvalue weighted by Crippen LogP contribution is 2.23. The van der Waals surface area contributed by atoms with E-state index in [9.17, 15) is 18.8 Å². The Labute approximate surface area is 187 Å². The lowest BCUT2D eigenvalue weighted by atomic mass is 9.93. The van der Waals surface area contributed by atoms with Crippen molar-refractivity contribution >= 4 is 17.8 Å². The lowest BCUT2D eigenvalue weighted by Gasteiger charge is -2.35. The maximum absolute atomic E-state index is 13.1. The van der Waals surface area contributed by atoms with Gasteiger partial charge in [-0.1, -0.05) is 36.4 Å². The molecular weight excluding hydrogens is 411 g/mol. The number of rotatable bonds is 7.